The van der Waals surface area contributed by atoms with E-state index in [0.29, 0.717) is 0 Å². The maximum Gasteiger partial charge on any atom is 0.177 e. The van der Waals surface area contributed by atoms with Crippen LogP contribution >= 0.6 is 0 Å². The van der Waals surface area contributed by atoms with Crippen LogP contribution in [0.2, 0.25) is 0 Å². The minimum atomic E-state index is -3.39. The fraction of sp³-hybridized carbons (Fsp3) is 0.0833. The Morgan fingerprint density at radius 2 is 1.89 bits per heavy atom. The standard InChI is InChI=1S/C12H11FN2O2S/c1-18(16,17)12-6-7-14-8-11(12)15-10-5-3-2-4-9(10)13/h2-8,15H,1H3. The van der Waals surface area contributed by atoms with Crippen LogP contribution in [0.5, 0.6) is 0 Å². The lowest BCUT2D eigenvalue weighted by Gasteiger charge is -2.10. The van der Waals surface area contributed by atoms with Crippen molar-refractivity contribution < 1.29 is 12.8 Å². The van der Waals surface area contributed by atoms with Crippen LogP contribution in [0.3, 0.4) is 0 Å². The zero-order chi connectivity index (χ0) is 13.2. The molecular weight excluding hydrogens is 255 g/mol. The number of nitrogens with one attached hydrogen (secondary N) is 1. The molecule has 0 radical (unpaired) electrons. The third-order valence-corrected chi connectivity index (χ3v) is 3.48. The Kier molecular flexibility index (Phi) is 3.29. The number of rotatable bonds is 3. The number of aromatic nitrogens is 1. The summed E-state index contributed by atoms with van der Waals surface area (Å²) in [5.74, 6) is -0.458. The first-order valence-electron chi connectivity index (χ1n) is 5.14. The molecule has 0 spiro atoms. The number of hydrogen-bond donors (Lipinski definition) is 1. The van der Waals surface area contributed by atoms with Crippen molar-refractivity contribution in [2.24, 2.45) is 0 Å². The van der Waals surface area contributed by atoms with Crippen molar-refractivity contribution in [3.05, 3.63) is 48.5 Å². The molecule has 94 valence electrons. The lowest BCUT2D eigenvalue weighted by atomic mass is 10.3. The Bertz CT molecular complexity index is 671. The average Bonchev–Trinajstić information content (AvgIpc) is 2.31. The first kappa shape index (κ1) is 12.5. The molecule has 1 N–H and O–H groups in total. The van der Waals surface area contributed by atoms with Gasteiger partial charge < -0.3 is 5.32 Å². The Labute approximate surface area is 104 Å². The zero-order valence-corrected chi connectivity index (χ0v) is 10.4. The monoisotopic (exact) mass is 266 g/mol. The number of hydrogen-bond acceptors (Lipinski definition) is 4. The number of para-hydroxylation sites is 1. The molecule has 0 atom stereocenters. The summed E-state index contributed by atoms with van der Waals surface area (Å²) >= 11 is 0. The van der Waals surface area contributed by atoms with E-state index in [9.17, 15) is 12.8 Å². The predicted molar refractivity (Wildman–Crippen MR) is 67.0 cm³/mol. The molecule has 18 heavy (non-hydrogen) atoms. The molecule has 6 heteroatoms. The van der Waals surface area contributed by atoms with Crippen LogP contribution in [-0.2, 0) is 9.84 Å². The summed E-state index contributed by atoms with van der Waals surface area (Å²) in [5, 5.41) is 2.73. The van der Waals surface area contributed by atoms with Crippen molar-refractivity contribution in [3.8, 4) is 0 Å². The second-order valence-electron chi connectivity index (χ2n) is 3.75. The third kappa shape index (κ3) is 2.65. The van der Waals surface area contributed by atoms with Gasteiger partial charge in [-0.2, -0.15) is 0 Å². The molecule has 2 aromatic rings. The molecule has 0 unspecified atom stereocenters. The molecule has 1 heterocycles. The van der Waals surface area contributed by atoms with E-state index in [4.69, 9.17) is 0 Å². The fourth-order valence-electron chi connectivity index (χ4n) is 1.51. The van der Waals surface area contributed by atoms with Crippen LogP contribution in [-0.4, -0.2) is 19.7 Å². The molecule has 0 amide bonds. The van der Waals surface area contributed by atoms with Gasteiger partial charge in [-0.3, -0.25) is 4.98 Å². The molecule has 0 aliphatic rings. The summed E-state index contributed by atoms with van der Waals surface area (Å²) in [6, 6.07) is 7.40. The van der Waals surface area contributed by atoms with E-state index >= 15 is 0 Å². The summed E-state index contributed by atoms with van der Waals surface area (Å²) in [5.41, 5.74) is 0.459. The van der Waals surface area contributed by atoms with Gasteiger partial charge in [-0.1, -0.05) is 12.1 Å². The van der Waals surface area contributed by atoms with Crippen LogP contribution < -0.4 is 5.32 Å². The molecule has 0 saturated carbocycles. The van der Waals surface area contributed by atoms with Crippen molar-refractivity contribution in [1.29, 1.82) is 0 Å². The summed E-state index contributed by atoms with van der Waals surface area (Å²) in [6.07, 6.45) is 3.82. The topological polar surface area (TPSA) is 59.1 Å². The summed E-state index contributed by atoms with van der Waals surface area (Å²) in [6.45, 7) is 0. The van der Waals surface area contributed by atoms with Crippen LogP contribution in [0.4, 0.5) is 15.8 Å². The van der Waals surface area contributed by atoms with E-state index in [0.717, 1.165) is 6.26 Å². The molecule has 1 aromatic carbocycles. The summed E-state index contributed by atoms with van der Waals surface area (Å²) < 4.78 is 36.6. The Hall–Kier alpha value is -1.95. The first-order valence-corrected chi connectivity index (χ1v) is 7.03. The van der Waals surface area contributed by atoms with E-state index in [1.807, 2.05) is 0 Å². The van der Waals surface area contributed by atoms with Gasteiger partial charge in [0.15, 0.2) is 9.84 Å². The van der Waals surface area contributed by atoms with E-state index in [1.165, 1.54) is 30.6 Å². The van der Waals surface area contributed by atoms with Gasteiger partial charge in [0, 0.05) is 12.5 Å². The van der Waals surface area contributed by atoms with Crippen molar-refractivity contribution in [3.63, 3.8) is 0 Å². The molecule has 0 fully saturated rings. The van der Waals surface area contributed by atoms with Crippen molar-refractivity contribution in [2.45, 2.75) is 4.90 Å². The number of benzene rings is 1. The zero-order valence-electron chi connectivity index (χ0n) is 9.59. The third-order valence-electron chi connectivity index (χ3n) is 2.32. The van der Waals surface area contributed by atoms with E-state index in [1.54, 1.807) is 12.1 Å². The molecule has 0 bridgehead atoms. The van der Waals surface area contributed by atoms with Crippen LogP contribution in [0.25, 0.3) is 0 Å². The average molecular weight is 266 g/mol. The Morgan fingerprint density at radius 1 is 1.17 bits per heavy atom. The Morgan fingerprint density at radius 3 is 2.56 bits per heavy atom. The normalized spacial score (nSPS) is 11.2. The first-order chi connectivity index (χ1) is 8.48. The molecule has 0 aliphatic heterocycles. The number of sulfone groups is 1. The second kappa shape index (κ2) is 4.73. The highest BCUT2D eigenvalue weighted by Crippen LogP contribution is 2.25. The maximum absolute atomic E-state index is 13.5. The van der Waals surface area contributed by atoms with Crippen LogP contribution in [0, 0.1) is 5.82 Å². The maximum atomic E-state index is 13.5. The lowest BCUT2D eigenvalue weighted by molar-refractivity contribution is 0.602. The van der Waals surface area contributed by atoms with Crippen molar-refractivity contribution >= 4 is 21.2 Å². The van der Waals surface area contributed by atoms with Crippen LogP contribution in [0.1, 0.15) is 0 Å². The smallest absolute Gasteiger partial charge is 0.177 e. The molecule has 0 saturated heterocycles. The van der Waals surface area contributed by atoms with Crippen LogP contribution in [0.15, 0.2) is 47.6 Å². The summed E-state index contributed by atoms with van der Waals surface area (Å²) in [4.78, 5) is 3.92. The fourth-order valence-corrected chi connectivity index (χ4v) is 2.32. The molecule has 2 rings (SSSR count). The summed E-state index contributed by atoms with van der Waals surface area (Å²) in [7, 11) is -3.39. The number of pyridine rings is 1. The van der Waals surface area contributed by atoms with Gasteiger partial charge in [0.05, 0.1) is 22.5 Å². The molecule has 1 aromatic heterocycles. The van der Waals surface area contributed by atoms with Gasteiger partial charge in [-0.15, -0.1) is 0 Å². The van der Waals surface area contributed by atoms with Gasteiger partial charge in [-0.05, 0) is 18.2 Å². The number of nitrogens with zero attached hydrogens (tertiary/aromatic N) is 1. The molecule has 4 nitrogen and oxygen atoms in total. The molecule has 0 aliphatic carbocycles. The van der Waals surface area contributed by atoms with Gasteiger partial charge in [0.1, 0.15) is 5.82 Å². The highest BCUT2D eigenvalue weighted by molar-refractivity contribution is 7.90. The number of anilines is 2. The van der Waals surface area contributed by atoms with E-state index in [-0.39, 0.29) is 16.3 Å². The van der Waals surface area contributed by atoms with Gasteiger partial charge >= 0.3 is 0 Å². The number of halogens is 1. The van der Waals surface area contributed by atoms with Crippen molar-refractivity contribution in [1.82, 2.24) is 4.98 Å². The SMILES string of the molecule is CS(=O)(=O)c1ccncc1Nc1ccccc1F. The van der Waals surface area contributed by atoms with E-state index in [2.05, 4.69) is 10.3 Å². The minimum Gasteiger partial charge on any atom is -0.351 e. The van der Waals surface area contributed by atoms with Gasteiger partial charge in [-0.25, -0.2) is 12.8 Å². The highest BCUT2D eigenvalue weighted by Gasteiger charge is 2.14. The molecular formula is C12H11FN2O2S. The highest BCUT2D eigenvalue weighted by atomic mass is 32.2. The second-order valence-corrected chi connectivity index (χ2v) is 5.73. The predicted octanol–water partition coefficient (Wildman–Crippen LogP) is 2.37. The minimum absolute atomic E-state index is 0.0840. The Balaban J connectivity index is 2.45. The van der Waals surface area contributed by atoms with Gasteiger partial charge in [0.25, 0.3) is 0 Å². The largest absolute Gasteiger partial charge is 0.351 e. The lowest BCUT2D eigenvalue weighted by Crippen LogP contribution is -2.04. The van der Waals surface area contributed by atoms with Gasteiger partial charge in [0.2, 0.25) is 0 Å². The van der Waals surface area contributed by atoms with Crippen molar-refractivity contribution in [2.75, 3.05) is 11.6 Å². The quantitative estimate of drug-likeness (QED) is 0.926. The van der Waals surface area contributed by atoms with E-state index < -0.39 is 15.7 Å².